The smallest absolute Gasteiger partial charge is 0.118 e. The van der Waals surface area contributed by atoms with Crippen LogP contribution in [0.1, 0.15) is 43.7 Å². The Morgan fingerprint density at radius 1 is 0.742 bits per heavy atom. The van der Waals surface area contributed by atoms with Crippen molar-refractivity contribution in [1.82, 2.24) is 0 Å². The van der Waals surface area contributed by atoms with Crippen molar-refractivity contribution in [1.29, 1.82) is 0 Å². The van der Waals surface area contributed by atoms with Crippen LogP contribution >= 0.6 is 0 Å². The fraction of sp³-hybridized carbons (Fsp3) is 0.407. The minimum atomic E-state index is 0.618. The summed E-state index contributed by atoms with van der Waals surface area (Å²) in [5, 5.41) is 0. The molecule has 0 aliphatic carbocycles. The van der Waals surface area contributed by atoms with E-state index in [2.05, 4.69) is 25.2 Å². The van der Waals surface area contributed by atoms with Crippen molar-refractivity contribution in [2.45, 2.75) is 45.8 Å². The van der Waals surface area contributed by atoms with E-state index in [1.54, 1.807) is 14.2 Å². The molecule has 0 saturated carbocycles. The van der Waals surface area contributed by atoms with Crippen LogP contribution in [0.15, 0.2) is 72.3 Å². The normalized spacial score (nSPS) is 11.8. The van der Waals surface area contributed by atoms with Crippen LogP contribution in [-0.2, 0) is 22.7 Å². The Morgan fingerprint density at radius 3 is 1.81 bits per heavy atom. The number of ether oxygens (including phenoxy) is 4. The monoisotopic (exact) mass is 424 g/mol. The van der Waals surface area contributed by atoms with E-state index < -0.39 is 0 Å². The predicted molar refractivity (Wildman–Crippen MR) is 127 cm³/mol. The second-order valence-electron chi connectivity index (χ2n) is 7.29. The summed E-state index contributed by atoms with van der Waals surface area (Å²) in [6, 6.07) is 16.0. The average Bonchev–Trinajstić information content (AvgIpc) is 2.82. The Bertz CT molecular complexity index is 776. The molecule has 0 saturated heterocycles. The molecule has 0 atom stereocenters. The molecular formula is C27H36O4. The number of methoxy groups -OCH3 is 2. The van der Waals surface area contributed by atoms with Crippen LogP contribution in [-0.4, -0.2) is 27.4 Å². The molecule has 168 valence electrons. The fourth-order valence-electron chi connectivity index (χ4n) is 3.06. The molecule has 0 aliphatic heterocycles. The van der Waals surface area contributed by atoms with Gasteiger partial charge in [0.25, 0.3) is 0 Å². The Kier molecular flexibility index (Phi) is 12.2. The van der Waals surface area contributed by atoms with Gasteiger partial charge in [-0.25, -0.2) is 0 Å². The Hall–Kier alpha value is -2.56. The molecule has 0 bridgehead atoms. The van der Waals surface area contributed by atoms with Crippen molar-refractivity contribution in [3.8, 4) is 11.5 Å². The summed E-state index contributed by atoms with van der Waals surface area (Å²) < 4.78 is 22.1. The fourth-order valence-corrected chi connectivity index (χ4v) is 3.06. The van der Waals surface area contributed by atoms with Crippen molar-refractivity contribution < 1.29 is 18.9 Å². The first-order valence-electron chi connectivity index (χ1n) is 11.0. The second kappa shape index (κ2) is 15.3. The lowest BCUT2D eigenvalue weighted by molar-refractivity contribution is 0.121. The molecule has 2 aromatic carbocycles. The maximum atomic E-state index is 5.89. The first-order chi connectivity index (χ1) is 15.2. The van der Waals surface area contributed by atoms with Crippen molar-refractivity contribution in [3.05, 3.63) is 83.5 Å². The van der Waals surface area contributed by atoms with Crippen LogP contribution in [0.4, 0.5) is 0 Å². The van der Waals surface area contributed by atoms with Crippen LogP contribution in [0.2, 0.25) is 0 Å². The summed E-state index contributed by atoms with van der Waals surface area (Å²) in [6.45, 7) is 4.82. The van der Waals surface area contributed by atoms with Crippen molar-refractivity contribution in [2.75, 3.05) is 27.4 Å². The lowest BCUT2D eigenvalue weighted by Crippen LogP contribution is -1.99. The number of benzene rings is 2. The van der Waals surface area contributed by atoms with Gasteiger partial charge in [0.1, 0.15) is 11.5 Å². The SMILES string of the molecule is CC/C=C/C/C(=C/CCOCc1ccc(OC)cc1)CCOCc1ccc(OC)cc1. The third kappa shape index (κ3) is 10.3. The van der Waals surface area contributed by atoms with E-state index in [0.717, 1.165) is 48.3 Å². The predicted octanol–water partition coefficient (Wildman–Crippen LogP) is 6.50. The highest BCUT2D eigenvalue weighted by Gasteiger charge is 2.00. The Balaban J connectivity index is 1.71. The lowest BCUT2D eigenvalue weighted by Gasteiger charge is -2.09. The van der Waals surface area contributed by atoms with Gasteiger partial charge >= 0.3 is 0 Å². The molecule has 0 amide bonds. The molecule has 4 nitrogen and oxygen atoms in total. The molecule has 2 rings (SSSR count). The molecule has 0 aliphatic rings. The largest absolute Gasteiger partial charge is 0.497 e. The summed E-state index contributed by atoms with van der Waals surface area (Å²) in [5.41, 5.74) is 3.71. The van der Waals surface area contributed by atoms with Gasteiger partial charge in [0.05, 0.1) is 40.6 Å². The minimum Gasteiger partial charge on any atom is -0.497 e. The summed E-state index contributed by atoms with van der Waals surface area (Å²) in [6.07, 6.45) is 10.6. The van der Waals surface area contributed by atoms with E-state index >= 15 is 0 Å². The van der Waals surface area contributed by atoms with E-state index in [1.807, 2.05) is 48.5 Å². The first-order valence-corrected chi connectivity index (χ1v) is 11.0. The van der Waals surface area contributed by atoms with Crippen LogP contribution < -0.4 is 9.47 Å². The van der Waals surface area contributed by atoms with E-state index in [4.69, 9.17) is 18.9 Å². The third-order valence-electron chi connectivity index (χ3n) is 4.90. The van der Waals surface area contributed by atoms with Crippen molar-refractivity contribution in [2.24, 2.45) is 0 Å². The standard InChI is InChI=1S/C27H36O4/c1-4-5-6-8-23(18-20-31-22-25-12-16-27(29-3)17-13-25)9-7-19-30-21-24-10-14-26(28-2)15-11-24/h5-6,9-17H,4,7-8,18-22H2,1-3H3/b6-5+,23-9-. The first kappa shape index (κ1) is 24.7. The molecule has 2 aromatic rings. The van der Waals surface area contributed by atoms with Crippen molar-refractivity contribution >= 4 is 0 Å². The summed E-state index contributed by atoms with van der Waals surface area (Å²) in [7, 11) is 3.35. The molecule has 31 heavy (non-hydrogen) atoms. The highest BCUT2D eigenvalue weighted by Crippen LogP contribution is 2.15. The molecule has 0 spiro atoms. The van der Waals surface area contributed by atoms with E-state index in [0.29, 0.717) is 26.4 Å². The van der Waals surface area contributed by atoms with Gasteiger partial charge in [-0.1, -0.05) is 55.0 Å². The van der Waals surface area contributed by atoms with Gasteiger partial charge in [0.2, 0.25) is 0 Å². The van der Waals surface area contributed by atoms with Crippen LogP contribution in [0, 0.1) is 0 Å². The van der Waals surface area contributed by atoms with Gasteiger partial charge < -0.3 is 18.9 Å². The summed E-state index contributed by atoms with van der Waals surface area (Å²) in [4.78, 5) is 0. The van der Waals surface area contributed by atoms with Crippen LogP contribution in [0.25, 0.3) is 0 Å². The van der Waals surface area contributed by atoms with E-state index in [-0.39, 0.29) is 0 Å². The zero-order chi connectivity index (χ0) is 22.2. The minimum absolute atomic E-state index is 0.618. The summed E-state index contributed by atoms with van der Waals surface area (Å²) >= 11 is 0. The highest BCUT2D eigenvalue weighted by atomic mass is 16.5. The maximum absolute atomic E-state index is 5.89. The van der Waals surface area contributed by atoms with Gasteiger partial charge in [-0.15, -0.1) is 0 Å². The van der Waals surface area contributed by atoms with Gasteiger partial charge in [0.15, 0.2) is 0 Å². The summed E-state index contributed by atoms with van der Waals surface area (Å²) in [5.74, 6) is 1.73. The number of rotatable bonds is 15. The number of hydrogen-bond donors (Lipinski definition) is 0. The molecule has 0 aromatic heterocycles. The Labute approximate surface area is 187 Å². The van der Waals surface area contributed by atoms with Gasteiger partial charge in [-0.05, 0) is 61.1 Å². The third-order valence-corrected chi connectivity index (χ3v) is 4.90. The van der Waals surface area contributed by atoms with Crippen LogP contribution in [0.3, 0.4) is 0 Å². The molecule has 4 heteroatoms. The zero-order valence-corrected chi connectivity index (χ0v) is 19.1. The topological polar surface area (TPSA) is 36.9 Å². The maximum Gasteiger partial charge on any atom is 0.118 e. The molecule has 0 radical (unpaired) electrons. The number of allylic oxidation sites excluding steroid dienone is 2. The van der Waals surface area contributed by atoms with E-state index in [1.165, 1.54) is 5.57 Å². The lowest BCUT2D eigenvalue weighted by atomic mass is 10.1. The zero-order valence-electron chi connectivity index (χ0n) is 19.1. The quantitative estimate of drug-likeness (QED) is 0.241. The molecule has 0 unspecified atom stereocenters. The number of hydrogen-bond acceptors (Lipinski definition) is 4. The van der Waals surface area contributed by atoms with Gasteiger partial charge in [-0.3, -0.25) is 0 Å². The van der Waals surface area contributed by atoms with Gasteiger partial charge in [0, 0.05) is 0 Å². The molecule has 0 N–H and O–H groups in total. The van der Waals surface area contributed by atoms with Crippen molar-refractivity contribution in [3.63, 3.8) is 0 Å². The Morgan fingerprint density at radius 2 is 1.29 bits per heavy atom. The second-order valence-corrected chi connectivity index (χ2v) is 7.29. The molecule has 0 heterocycles. The average molecular weight is 425 g/mol. The van der Waals surface area contributed by atoms with Crippen LogP contribution in [0.5, 0.6) is 11.5 Å². The van der Waals surface area contributed by atoms with E-state index in [9.17, 15) is 0 Å². The molecular weight excluding hydrogens is 388 g/mol. The highest BCUT2D eigenvalue weighted by molar-refractivity contribution is 5.27. The van der Waals surface area contributed by atoms with Gasteiger partial charge in [-0.2, -0.15) is 0 Å². The molecule has 0 fully saturated rings.